The summed E-state index contributed by atoms with van der Waals surface area (Å²) in [6.45, 7) is 6.60. The Labute approximate surface area is 141 Å². The zero-order chi connectivity index (χ0) is 16.4. The van der Waals surface area contributed by atoms with Gasteiger partial charge in [-0.3, -0.25) is 4.98 Å². The molecule has 0 amide bonds. The zero-order valence-electron chi connectivity index (χ0n) is 13.5. The molecule has 0 saturated heterocycles. The number of nitrogens with one attached hydrogen (secondary N) is 1. The second kappa shape index (κ2) is 6.47. The van der Waals surface area contributed by atoms with E-state index in [1.54, 1.807) is 0 Å². The first kappa shape index (κ1) is 15.6. The van der Waals surface area contributed by atoms with Gasteiger partial charge in [0.25, 0.3) is 0 Å². The minimum atomic E-state index is 0.640. The van der Waals surface area contributed by atoms with Crippen molar-refractivity contribution >= 4 is 33.9 Å². The van der Waals surface area contributed by atoms with Crippen LogP contribution in [0, 0.1) is 13.8 Å². The highest BCUT2D eigenvalue weighted by Crippen LogP contribution is 2.30. The van der Waals surface area contributed by atoms with Crippen LogP contribution in [0.2, 0.25) is 5.02 Å². The van der Waals surface area contributed by atoms with Crippen molar-refractivity contribution in [3.05, 3.63) is 58.7 Å². The third-order valence-corrected chi connectivity index (χ3v) is 4.08. The van der Waals surface area contributed by atoms with E-state index >= 15 is 0 Å². The van der Waals surface area contributed by atoms with Gasteiger partial charge in [0, 0.05) is 27.5 Å². The normalized spacial score (nSPS) is 10.8. The van der Waals surface area contributed by atoms with E-state index in [-0.39, 0.29) is 0 Å². The summed E-state index contributed by atoms with van der Waals surface area (Å²) in [5.74, 6) is 0.843. The molecule has 0 aliphatic rings. The predicted octanol–water partition coefficient (Wildman–Crippen LogP) is 5.65. The number of hydrogen-bond donors (Lipinski definition) is 1. The molecule has 2 aromatic carbocycles. The molecule has 0 aliphatic carbocycles. The SMILES string of the molecule is CCOc1ccc2nc(C)cc(Nc3ccc(C)c(Cl)c3)c2c1. The van der Waals surface area contributed by atoms with E-state index in [0.29, 0.717) is 6.61 Å². The van der Waals surface area contributed by atoms with E-state index in [4.69, 9.17) is 16.3 Å². The average Bonchev–Trinajstić information content (AvgIpc) is 2.52. The Morgan fingerprint density at radius 1 is 1.09 bits per heavy atom. The molecule has 3 nitrogen and oxygen atoms in total. The second-order valence-electron chi connectivity index (χ2n) is 5.51. The van der Waals surface area contributed by atoms with E-state index < -0.39 is 0 Å². The summed E-state index contributed by atoms with van der Waals surface area (Å²) in [7, 11) is 0. The number of fused-ring (bicyclic) bond motifs is 1. The molecule has 0 spiro atoms. The first-order valence-electron chi connectivity index (χ1n) is 7.64. The molecule has 1 N–H and O–H groups in total. The van der Waals surface area contributed by atoms with Gasteiger partial charge in [0.15, 0.2) is 0 Å². The van der Waals surface area contributed by atoms with Gasteiger partial charge in [-0.15, -0.1) is 0 Å². The molecule has 3 rings (SSSR count). The lowest BCUT2D eigenvalue weighted by Gasteiger charge is -2.13. The van der Waals surface area contributed by atoms with Gasteiger partial charge < -0.3 is 10.1 Å². The number of pyridine rings is 1. The van der Waals surface area contributed by atoms with Crippen LogP contribution in [0.5, 0.6) is 5.75 Å². The fraction of sp³-hybridized carbons (Fsp3) is 0.211. The zero-order valence-corrected chi connectivity index (χ0v) is 14.2. The largest absolute Gasteiger partial charge is 0.494 e. The lowest BCUT2D eigenvalue weighted by Crippen LogP contribution is -1.97. The lowest BCUT2D eigenvalue weighted by atomic mass is 10.1. The number of aryl methyl sites for hydroxylation is 2. The van der Waals surface area contributed by atoms with Crippen LogP contribution in [0.25, 0.3) is 10.9 Å². The van der Waals surface area contributed by atoms with Gasteiger partial charge in [0.1, 0.15) is 5.75 Å². The number of benzene rings is 2. The molecule has 1 aromatic heterocycles. The Morgan fingerprint density at radius 2 is 1.91 bits per heavy atom. The number of halogens is 1. The fourth-order valence-corrected chi connectivity index (χ4v) is 2.70. The molecule has 0 unspecified atom stereocenters. The molecule has 118 valence electrons. The van der Waals surface area contributed by atoms with E-state index in [1.807, 2.05) is 63.2 Å². The number of nitrogens with zero attached hydrogens (tertiary/aromatic N) is 1. The number of anilines is 2. The first-order valence-corrected chi connectivity index (χ1v) is 8.02. The van der Waals surface area contributed by atoms with E-state index in [1.165, 1.54) is 0 Å². The molecule has 0 saturated carbocycles. The van der Waals surface area contributed by atoms with Crippen LogP contribution in [0.3, 0.4) is 0 Å². The van der Waals surface area contributed by atoms with Gasteiger partial charge >= 0.3 is 0 Å². The van der Waals surface area contributed by atoms with Gasteiger partial charge in [-0.1, -0.05) is 17.7 Å². The van der Waals surface area contributed by atoms with Gasteiger partial charge in [-0.05, 0) is 62.7 Å². The number of hydrogen-bond acceptors (Lipinski definition) is 3. The predicted molar refractivity (Wildman–Crippen MR) is 97.1 cm³/mol. The van der Waals surface area contributed by atoms with Gasteiger partial charge in [0.2, 0.25) is 0 Å². The van der Waals surface area contributed by atoms with Gasteiger partial charge in [0.05, 0.1) is 12.1 Å². The minimum Gasteiger partial charge on any atom is -0.494 e. The van der Waals surface area contributed by atoms with Crippen molar-refractivity contribution in [2.24, 2.45) is 0 Å². The van der Waals surface area contributed by atoms with Crippen LogP contribution < -0.4 is 10.1 Å². The van der Waals surface area contributed by atoms with Crippen LogP contribution in [0.1, 0.15) is 18.2 Å². The second-order valence-corrected chi connectivity index (χ2v) is 5.92. The molecule has 0 aliphatic heterocycles. The maximum atomic E-state index is 6.22. The Balaban J connectivity index is 2.07. The highest BCUT2D eigenvalue weighted by atomic mass is 35.5. The summed E-state index contributed by atoms with van der Waals surface area (Å²) < 4.78 is 5.61. The summed E-state index contributed by atoms with van der Waals surface area (Å²) in [6.07, 6.45) is 0. The Hall–Kier alpha value is -2.26. The van der Waals surface area contributed by atoms with Crippen molar-refractivity contribution < 1.29 is 4.74 Å². The Kier molecular flexibility index (Phi) is 4.39. The molecule has 4 heteroatoms. The minimum absolute atomic E-state index is 0.640. The van der Waals surface area contributed by atoms with Crippen molar-refractivity contribution in [2.75, 3.05) is 11.9 Å². The maximum Gasteiger partial charge on any atom is 0.120 e. The molecule has 23 heavy (non-hydrogen) atoms. The maximum absolute atomic E-state index is 6.22. The Morgan fingerprint density at radius 3 is 2.65 bits per heavy atom. The number of ether oxygens (including phenoxy) is 1. The molecule has 0 radical (unpaired) electrons. The van der Waals surface area contributed by atoms with Crippen molar-refractivity contribution in [3.63, 3.8) is 0 Å². The monoisotopic (exact) mass is 326 g/mol. The third kappa shape index (κ3) is 3.40. The van der Waals surface area contributed by atoms with Crippen molar-refractivity contribution in [1.29, 1.82) is 0 Å². The molecule has 3 aromatic rings. The highest BCUT2D eigenvalue weighted by molar-refractivity contribution is 6.31. The van der Waals surface area contributed by atoms with E-state index in [2.05, 4.69) is 10.3 Å². The molecular formula is C19H19ClN2O. The summed E-state index contributed by atoms with van der Waals surface area (Å²) >= 11 is 6.22. The topological polar surface area (TPSA) is 34.1 Å². The van der Waals surface area contributed by atoms with Gasteiger partial charge in [-0.2, -0.15) is 0 Å². The molecule has 0 bridgehead atoms. The van der Waals surface area contributed by atoms with Crippen LogP contribution in [0.15, 0.2) is 42.5 Å². The number of rotatable bonds is 4. The third-order valence-electron chi connectivity index (χ3n) is 3.67. The van der Waals surface area contributed by atoms with Crippen molar-refractivity contribution in [2.45, 2.75) is 20.8 Å². The quantitative estimate of drug-likeness (QED) is 0.673. The molecular weight excluding hydrogens is 308 g/mol. The number of aromatic nitrogens is 1. The van der Waals surface area contributed by atoms with Crippen LogP contribution in [0.4, 0.5) is 11.4 Å². The van der Waals surface area contributed by atoms with E-state index in [0.717, 1.165) is 44.3 Å². The summed E-state index contributed by atoms with van der Waals surface area (Å²) in [6, 6.07) is 14.0. The lowest BCUT2D eigenvalue weighted by molar-refractivity contribution is 0.340. The first-order chi connectivity index (χ1) is 11.1. The van der Waals surface area contributed by atoms with Crippen LogP contribution in [-0.2, 0) is 0 Å². The molecule has 0 atom stereocenters. The highest BCUT2D eigenvalue weighted by Gasteiger charge is 2.07. The van der Waals surface area contributed by atoms with Crippen LogP contribution >= 0.6 is 11.6 Å². The standard InChI is InChI=1S/C19H19ClN2O/c1-4-23-15-7-8-18-16(11-15)19(9-13(3)21-18)22-14-6-5-12(2)17(20)10-14/h5-11H,4H2,1-3H3,(H,21,22). The fourth-order valence-electron chi connectivity index (χ4n) is 2.52. The van der Waals surface area contributed by atoms with Crippen molar-refractivity contribution in [1.82, 2.24) is 4.98 Å². The van der Waals surface area contributed by atoms with E-state index in [9.17, 15) is 0 Å². The molecule has 0 fully saturated rings. The molecule has 1 heterocycles. The summed E-state index contributed by atoms with van der Waals surface area (Å²) in [5.41, 5.74) is 4.91. The summed E-state index contributed by atoms with van der Waals surface area (Å²) in [5, 5.41) is 5.22. The Bertz CT molecular complexity index is 861. The summed E-state index contributed by atoms with van der Waals surface area (Å²) in [4.78, 5) is 4.59. The van der Waals surface area contributed by atoms with Crippen molar-refractivity contribution in [3.8, 4) is 5.75 Å². The van der Waals surface area contributed by atoms with Crippen LogP contribution in [-0.4, -0.2) is 11.6 Å². The average molecular weight is 327 g/mol. The smallest absolute Gasteiger partial charge is 0.120 e. The van der Waals surface area contributed by atoms with Gasteiger partial charge in [-0.25, -0.2) is 0 Å².